The number of carbonyl (C=O) groups is 2. The summed E-state index contributed by atoms with van der Waals surface area (Å²) < 4.78 is 10.6. The fourth-order valence-corrected chi connectivity index (χ4v) is 2.82. The number of thiophene rings is 1. The topological polar surface area (TPSA) is 81.4 Å². The fourth-order valence-electron chi connectivity index (χ4n) is 2.15. The lowest BCUT2D eigenvalue weighted by Crippen LogP contribution is -2.18. The second-order valence-electron chi connectivity index (χ2n) is 5.33. The highest BCUT2D eigenvalue weighted by molar-refractivity contribution is 7.13. The Hall–Kier alpha value is -2.77. The van der Waals surface area contributed by atoms with Gasteiger partial charge in [-0.25, -0.2) is 0 Å². The van der Waals surface area contributed by atoms with Gasteiger partial charge in [0.2, 0.25) is 5.91 Å². The zero-order valence-electron chi connectivity index (χ0n) is 13.5. The van der Waals surface area contributed by atoms with Gasteiger partial charge in [-0.3, -0.25) is 9.59 Å². The molecule has 3 aromatic rings. The molecule has 0 atom stereocenters. The third-order valence-corrected chi connectivity index (χ3v) is 4.27. The summed E-state index contributed by atoms with van der Waals surface area (Å²) in [5.74, 6) is 0.386. The number of hydrogen-bond acceptors (Lipinski definition) is 6. The number of rotatable bonds is 7. The number of ether oxygens (including phenoxy) is 1. The van der Waals surface area contributed by atoms with Crippen LogP contribution in [0.2, 0.25) is 0 Å². The van der Waals surface area contributed by atoms with Crippen molar-refractivity contribution in [3.8, 4) is 10.6 Å². The number of ketones is 1. The van der Waals surface area contributed by atoms with Crippen LogP contribution in [0, 0.1) is 0 Å². The van der Waals surface area contributed by atoms with E-state index in [1.165, 1.54) is 6.92 Å². The van der Waals surface area contributed by atoms with Crippen molar-refractivity contribution in [1.82, 2.24) is 5.16 Å². The molecule has 25 heavy (non-hydrogen) atoms. The van der Waals surface area contributed by atoms with E-state index in [-0.39, 0.29) is 24.9 Å². The minimum absolute atomic E-state index is 0.0178. The van der Waals surface area contributed by atoms with Crippen molar-refractivity contribution in [2.24, 2.45) is 0 Å². The molecular formula is C18H16N2O4S. The van der Waals surface area contributed by atoms with E-state index in [2.05, 4.69) is 10.5 Å². The number of Topliss-reactive ketones (excluding diaryl/α,β-unsaturated/α-hetero) is 1. The quantitative estimate of drug-likeness (QED) is 0.652. The molecule has 7 heteroatoms. The molecule has 0 bridgehead atoms. The van der Waals surface area contributed by atoms with Crippen LogP contribution in [0.15, 0.2) is 52.4 Å². The first-order valence-corrected chi connectivity index (χ1v) is 8.48. The normalized spacial score (nSPS) is 10.6. The van der Waals surface area contributed by atoms with Crippen LogP contribution in [0.5, 0.6) is 0 Å². The Labute approximate surface area is 148 Å². The first-order valence-electron chi connectivity index (χ1n) is 7.60. The summed E-state index contributed by atoms with van der Waals surface area (Å²) in [6.07, 6.45) is 0. The lowest BCUT2D eigenvalue weighted by molar-refractivity contribution is -0.121. The number of anilines is 1. The first-order chi connectivity index (χ1) is 12.1. The Morgan fingerprint density at radius 3 is 2.72 bits per heavy atom. The van der Waals surface area contributed by atoms with Gasteiger partial charge in [0.25, 0.3) is 0 Å². The van der Waals surface area contributed by atoms with Gasteiger partial charge in [0, 0.05) is 17.3 Å². The molecule has 0 saturated heterocycles. The minimum atomic E-state index is -0.280. The Balaban J connectivity index is 1.45. The van der Waals surface area contributed by atoms with Crippen LogP contribution in [0.1, 0.15) is 23.0 Å². The van der Waals surface area contributed by atoms with Gasteiger partial charge in [-0.05, 0) is 42.6 Å². The van der Waals surface area contributed by atoms with Crippen LogP contribution in [0.25, 0.3) is 10.6 Å². The molecule has 6 nitrogen and oxygen atoms in total. The smallest absolute Gasteiger partial charge is 0.250 e. The van der Waals surface area contributed by atoms with E-state index in [0.717, 1.165) is 4.88 Å². The van der Waals surface area contributed by atoms with E-state index in [0.29, 0.717) is 22.7 Å². The number of amides is 1. The lowest BCUT2D eigenvalue weighted by atomic mass is 10.1. The summed E-state index contributed by atoms with van der Waals surface area (Å²) in [7, 11) is 0. The molecule has 1 aromatic carbocycles. The van der Waals surface area contributed by atoms with E-state index < -0.39 is 0 Å². The van der Waals surface area contributed by atoms with E-state index >= 15 is 0 Å². The van der Waals surface area contributed by atoms with Gasteiger partial charge in [0.05, 0.1) is 11.5 Å². The number of hydrogen-bond donors (Lipinski definition) is 1. The molecule has 3 rings (SSSR count). The van der Waals surface area contributed by atoms with Crippen molar-refractivity contribution in [3.63, 3.8) is 0 Å². The molecule has 0 unspecified atom stereocenters. The van der Waals surface area contributed by atoms with E-state index in [1.807, 2.05) is 17.5 Å². The largest absolute Gasteiger partial charge is 0.365 e. The van der Waals surface area contributed by atoms with Gasteiger partial charge in [-0.15, -0.1) is 11.3 Å². The Bertz CT molecular complexity index is 854. The predicted octanol–water partition coefficient (Wildman–Crippen LogP) is 3.76. The van der Waals surface area contributed by atoms with Gasteiger partial charge in [-0.2, -0.15) is 0 Å². The average Bonchev–Trinajstić information content (AvgIpc) is 3.26. The van der Waals surface area contributed by atoms with Crippen molar-refractivity contribution in [2.75, 3.05) is 11.9 Å². The molecule has 2 aromatic heterocycles. The zero-order chi connectivity index (χ0) is 17.6. The Morgan fingerprint density at radius 1 is 1.24 bits per heavy atom. The summed E-state index contributed by atoms with van der Waals surface area (Å²) in [4.78, 5) is 24.1. The van der Waals surface area contributed by atoms with Gasteiger partial charge in [0.15, 0.2) is 11.5 Å². The van der Waals surface area contributed by atoms with Crippen molar-refractivity contribution in [2.45, 2.75) is 13.5 Å². The maximum Gasteiger partial charge on any atom is 0.250 e. The summed E-state index contributed by atoms with van der Waals surface area (Å²) in [6.45, 7) is 1.58. The molecule has 0 aliphatic rings. The molecule has 0 saturated carbocycles. The third kappa shape index (κ3) is 4.62. The monoisotopic (exact) mass is 356 g/mol. The van der Waals surface area contributed by atoms with Gasteiger partial charge in [-0.1, -0.05) is 11.2 Å². The lowest BCUT2D eigenvalue weighted by Gasteiger charge is -2.06. The summed E-state index contributed by atoms with van der Waals surface area (Å²) in [6, 6.07) is 12.4. The molecule has 0 fully saturated rings. The first kappa shape index (κ1) is 17.1. The Kier molecular flexibility index (Phi) is 5.37. The van der Waals surface area contributed by atoms with Crippen LogP contribution >= 0.6 is 11.3 Å². The molecule has 0 aliphatic carbocycles. The molecule has 0 spiro atoms. The molecule has 1 N–H and O–H groups in total. The molecular weight excluding hydrogens is 340 g/mol. The average molecular weight is 356 g/mol. The molecule has 128 valence electrons. The van der Waals surface area contributed by atoms with Crippen molar-refractivity contribution in [3.05, 3.63) is 59.1 Å². The highest BCUT2D eigenvalue weighted by Crippen LogP contribution is 2.25. The van der Waals surface area contributed by atoms with Crippen LogP contribution in [-0.4, -0.2) is 23.5 Å². The minimum Gasteiger partial charge on any atom is -0.365 e. The SMILES string of the molecule is CC(=O)c1ccc(NC(=O)COCc2cc(-c3cccs3)on2)cc1. The number of benzene rings is 1. The predicted molar refractivity (Wildman–Crippen MR) is 94.5 cm³/mol. The standard InChI is InChI=1S/C18H16N2O4S/c1-12(21)13-4-6-14(7-5-13)19-18(22)11-23-10-15-9-16(24-20-15)17-3-2-8-25-17/h2-9H,10-11H2,1H3,(H,19,22). The zero-order valence-corrected chi connectivity index (χ0v) is 14.3. The molecule has 1 amide bonds. The third-order valence-electron chi connectivity index (χ3n) is 3.38. The number of carbonyl (C=O) groups excluding carboxylic acids is 2. The van der Waals surface area contributed by atoms with Crippen LogP contribution in [-0.2, 0) is 16.1 Å². The van der Waals surface area contributed by atoms with Crippen molar-refractivity contribution >= 4 is 28.7 Å². The van der Waals surface area contributed by atoms with Crippen LogP contribution in [0.4, 0.5) is 5.69 Å². The highest BCUT2D eigenvalue weighted by Gasteiger charge is 2.09. The van der Waals surface area contributed by atoms with Crippen LogP contribution in [0.3, 0.4) is 0 Å². The van der Waals surface area contributed by atoms with Crippen molar-refractivity contribution in [1.29, 1.82) is 0 Å². The summed E-state index contributed by atoms with van der Waals surface area (Å²) in [5.41, 5.74) is 1.84. The molecule has 0 radical (unpaired) electrons. The number of nitrogens with one attached hydrogen (secondary N) is 1. The maximum atomic E-state index is 11.9. The van der Waals surface area contributed by atoms with E-state index in [1.54, 1.807) is 41.7 Å². The van der Waals surface area contributed by atoms with E-state index in [4.69, 9.17) is 9.26 Å². The fraction of sp³-hybridized carbons (Fsp3) is 0.167. The Morgan fingerprint density at radius 2 is 2.04 bits per heavy atom. The van der Waals surface area contributed by atoms with E-state index in [9.17, 15) is 9.59 Å². The molecule has 0 aliphatic heterocycles. The van der Waals surface area contributed by atoms with Gasteiger partial charge >= 0.3 is 0 Å². The van der Waals surface area contributed by atoms with Crippen LogP contribution < -0.4 is 5.32 Å². The second-order valence-corrected chi connectivity index (χ2v) is 6.28. The summed E-state index contributed by atoms with van der Waals surface area (Å²) in [5, 5.41) is 8.59. The summed E-state index contributed by atoms with van der Waals surface area (Å²) >= 11 is 1.56. The number of nitrogens with zero attached hydrogens (tertiary/aromatic N) is 1. The number of aromatic nitrogens is 1. The van der Waals surface area contributed by atoms with Gasteiger partial charge in [0.1, 0.15) is 12.3 Å². The highest BCUT2D eigenvalue weighted by atomic mass is 32.1. The maximum absolute atomic E-state index is 11.9. The molecule has 2 heterocycles. The second kappa shape index (κ2) is 7.87. The van der Waals surface area contributed by atoms with Crippen molar-refractivity contribution < 1.29 is 18.8 Å². The van der Waals surface area contributed by atoms with Gasteiger partial charge < -0.3 is 14.6 Å².